The molecule has 2 atom stereocenters. The Morgan fingerprint density at radius 1 is 1.09 bits per heavy atom. The summed E-state index contributed by atoms with van der Waals surface area (Å²) in [6, 6.07) is 20.8. The Balaban J connectivity index is 1.08. The van der Waals surface area contributed by atoms with Gasteiger partial charge in [0.05, 0.1) is 23.3 Å². The second-order valence-corrected chi connectivity index (χ2v) is 12.5. The molecular weight excluding hydrogens is 564 g/mol. The summed E-state index contributed by atoms with van der Waals surface area (Å²) < 4.78 is 8.11. The fourth-order valence-electron chi connectivity index (χ4n) is 6.71. The zero-order valence-electron chi connectivity index (χ0n) is 26.6. The highest BCUT2D eigenvalue weighted by Crippen LogP contribution is 2.35. The highest BCUT2D eigenvalue weighted by atomic mass is 16.5. The monoisotopic (exact) mass is 608 g/mol. The van der Waals surface area contributed by atoms with E-state index in [0.29, 0.717) is 39.1 Å². The summed E-state index contributed by atoms with van der Waals surface area (Å²) in [6.45, 7) is 7.74. The van der Waals surface area contributed by atoms with E-state index >= 15 is 0 Å². The van der Waals surface area contributed by atoms with Gasteiger partial charge in [-0.3, -0.25) is 9.59 Å². The lowest BCUT2D eigenvalue weighted by molar-refractivity contribution is -0.132. The molecule has 2 unspecified atom stereocenters. The van der Waals surface area contributed by atoms with E-state index in [2.05, 4.69) is 83.4 Å². The Morgan fingerprint density at radius 3 is 2.69 bits per heavy atom. The minimum Gasteiger partial charge on any atom is -0.490 e. The fourth-order valence-corrected chi connectivity index (χ4v) is 6.71. The van der Waals surface area contributed by atoms with Crippen LogP contribution >= 0.6 is 0 Å². The summed E-state index contributed by atoms with van der Waals surface area (Å²) >= 11 is 0. The maximum Gasteiger partial charge on any atom is 0.224 e. The number of piperidine rings is 1. The van der Waals surface area contributed by atoms with Crippen LogP contribution in [0.15, 0.2) is 60.7 Å². The van der Waals surface area contributed by atoms with Crippen molar-refractivity contribution in [2.75, 3.05) is 44.7 Å². The number of nitrogens with one attached hydrogen (secondary N) is 1. The molecular formula is C36H44N6O3. The van der Waals surface area contributed by atoms with Crippen LogP contribution in [0.5, 0.6) is 5.75 Å². The lowest BCUT2D eigenvalue weighted by Crippen LogP contribution is -2.42. The Kier molecular flexibility index (Phi) is 9.07. The third kappa shape index (κ3) is 6.83. The van der Waals surface area contributed by atoms with Crippen molar-refractivity contribution in [3.8, 4) is 16.9 Å². The number of benzene rings is 3. The van der Waals surface area contributed by atoms with E-state index in [0.717, 1.165) is 76.5 Å². The lowest BCUT2D eigenvalue weighted by atomic mass is 9.95. The van der Waals surface area contributed by atoms with Crippen LogP contribution in [0.2, 0.25) is 0 Å². The maximum absolute atomic E-state index is 13.5. The fraction of sp³-hybridized carbons (Fsp3) is 0.417. The summed E-state index contributed by atoms with van der Waals surface area (Å²) in [4.78, 5) is 34.3. The number of likely N-dealkylation sites (N-methyl/N-ethyl adjacent to an activating group) is 1. The van der Waals surface area contributed by atoms with Crippen LogP contribution in [0.25, 0.3) is 22.2 Å². The van der Waals surface area contributed by atoms with Crippen molar-refractivity contribution in [3.63, 3.8) is 0 Å². The molecule has 1 fully saturated rings. The molecule has 6 rings (SSSR count). The number of aromatic nitrogens is 2. The normalized spacial score (nSPS) is 17.1. The van der Waals surface area contributed by atoms with E-state index in [-0.39, 0.29) is 23.8 Å². The van der Waals surface area contributed by atoms with E-state index in [1.54, 1.807) is 0 Å². The quantitative estimate of drug-likeness (QED) is 0.287. The number of rotatable bonds is 9. The van der Waals surface area contributed by atoms with E-state index in [1.807, 2.05) is 11.0 Å². The van der Waals surface area contributed by atoms with Crippen molar-refractivity contribution in [3.05, 3.63) is 77.6 Å². The van der Waals surface area contributed by atoms with Crippen LogP contribution in [0.3, 0.4) is 0 Å². The van der Waals surface area contributed by atoms with E-state index < -0.39 is 0 Å². The molecule has 0 bridgehead atoms. The molecule has 3 heterocycles. The van der Waals surface area contributed by atoms with Gasteiger partial charge in [0.25, 0.3) is 0 Å². The number of aryl methyl sites for hydroxylation is 1. The van der Waals surface area contributed by atoms with Crippen molar-refractivity contribution in [1.29, 1.82) is 0 Å². The van der Waals surface area contributed by atoms with E-state index in [9.17, 15) is 9.59 Å². The van der Waals surface area contributed by atoms with E-state index in [1.165, 1.54) is 6.92 Å². The molecule has 0 saturated carbocycles. The zero-order valence-corrected chi connectivity index (χ0v) is 26.6. The minimum atomic E-state index is -0.263. The average molecular weight is 609 g/mol. The number of nitrogens with two attached hydrogens (primary N) is 1. The second kappa shape index (κ2) is 13.3. The van der Waals surface area contributed by atoms with Gasteiger partial charge in [-0.05, 0) is 66.6 Å². The number of carbonyl (C=O) groups excluding carboxylic acids is 2. The first-order valence-electron chi connectivity index (χ1n) is 16.1. The van der Waals surface area contributed by atoms with Gasteiger partial charge in [0.1, 0.15) is 18.2 Å². The van der Waals surface area contributed by atoms with Gasteiger partial charge >= 0.3 is 0 Å². The van der Waals surface area contributed by atoms with Crippen molar-refractivity contribution in [1.82, 2.24) is 19.8 Å². The smallest absolute Gasteiger partial charge is 0.224 e. The van der Waals surface area contributed by atoms with Crippen molar-refractivity contribution in [2.45, 2.75) is 58.0 Å². The number of hydrogen-bond acceptors (Lipinski definition) is 6. The second-order valence-electron chi connectivity index (χ2n) is 12.5. The summed E-state index contributed by atoms with van der Waals surface area (Å²) in [5.41, 5.74) is 14.2. The lowest BCUT2D eigenvalue weighted by Gasteiger charge is -2.33. The number of carbonyl (C=O) groups is 2. The molecule has 1 saturated heterocycles. The number of nitrogens with zero attached hydrogens (tertiary/aromatic N) is 4. The van der Waals surface area contributed by atoms with Crippen LogP contribution in [0.1, 0.15) is 49.1 Å². The predicted octanol–water partition coefficient (Wildman–Crippen LogP) is 4.64. The number of hydrogen-bond donors (Lipinski definition) is 2. The maximum atomic E-state index is 13.5. The summed E-state index contributed by atoms with van der Waals surface area (Å²) in [7, 11) is 2.09. The molecule has 1 aromatic heterocycles. The third-order valence-electron chi connectivity index (χ3n) is 9.14. The van der Waals surface area contributed by atoms with Gasteiger partial charge in [-0.15, -0.1) is 0 Å². The average Bonchev–Trinajstić information content (AvgIpc) is 3.41. The molecule has 2 aliphatic rings. The summed E-state index contributed by atoms with van der Waals surface area (Å²) in [5, 5.41) is 2.91. The highest BCUT2D eigenvalue weighted by molar-refractivity contribution is 5.80. The molecule has 4 aromatic rings. The standard InChI is InChI=1S/C36H44N6O3/c1-24-6-4-8-32-35(24)39-36(42(32)17-15-38-25(2)43)29-7-5-16-41(23-29)34(44)22-30(37)20-26-9-11-27(12-10-26)28-13-14-31-33(21-28)45-19-18-40(31)3/h4,6,8-14,21,29-30H,5,7,15-20,22-23,37H2,1-3H3,(H,38,43). The zero-order chi connectivity index (χ0) is 31.5. The number of para-hydroxylation sites is 1. The van der Waals surface area contributed by atoms with Gasteiger partial charge in [-0.25, -0.2) is 4.98 Å². The Bertz CT molecular complexity index is 1680. The first kappa shape index (κ1) is 30.6. The van der Waals surface area contributed by atoms with Gasteiger partial charge in [0.2, 0.25) is 11.8 Å². The number of anilines is 1. The van der Waals surface area contributed by atoms with Gasteiger partial charge < -0.3 is 30.2 Å². The number of fused-ring (bicyclic) bond motifs is 2. The number of ether oxygens (including phenoxy) is 1. The van der Waals surface area contributed by atoms with Crippen LogP contribution in [0, 0.1) is 6.92 Å². The molecule has 0 spiro atoms. The van der Waals surface area contributed by atoms with Gasteiger partial charge in [0.15, 0.2) is 0 Å². The molecule has 0 radical (unpaired) electrons. The van der Waals surface area contributed by atoms with Crippen LogP contribution < -0.4 is 20.7 Å². The van der Waals surface area contributed by atoms with Gasteiger partial charge in [0, 0.05) is 58.5 Å². The van der Waals surface area contributed by atoms with E-state index in [4.69, 9.17) is 15.5 Å². The van der Waals surface area contributed by atoms with Crippen molar-refractivity contribution < 1.29 is 14.3 Å². The van der Waals surface area contributed by atoms with Crippen LogP contribution in [-0.4, -0.2) is 72.1 Å². The van der Waals surface area contributed by atoms with Crippen LogP contribution in [0.4, 0.5) is 5.69 Å². The highest BCUT2D eigenvalue weighted by Gasteiger charge is 2.29. The number of amides is 2. The minimum absolute atomic E-state index is 0.0448. The molecule has 2 aliphatic heterocycles. The molecule has 45 heavy (non-hydrogen) atoms. The molecule has 9 nitrogen and oxygen atoms in total. The predicted molar refractivity (Wildman–Crippen MR) is 179 cm³/mol. The van der Waals surface area contributed by atoms with Crippen molar-refractivity contribution >= 4 is 28.5 Å². The third-order valence-corrected chi connectivity index (χ3v) is 9.14. The Labute approximate surface area is 265 Å². The number of imidazole rings is 1. The first-order chi connectivity index (χ1) is 21.8. The summed E-state index contributed by atoms with van der Waals surface area (Å²) in [5.74, 6) is 2.09. The molecule has 3 N–H and O–H groups in total. The molecule has 0 aliphatic carbocycles. The first-order valence-corrected chi connectivity index (χ1v) is 16.1. The Morgan fingerprint density at radius 2 is 1.89 bits per heavy atom. The Hall–Kier alpha value is -4.37. The van der Waals surface area contributed by atoms with Crippen molar-refractivity contribution in [2.24, 2.45) is 5.73 Å². The number of likely N-dealkylation sites (tertiary alicyclic amines) is 1. The molecule has 2 amide bonds. The van der Waals surface area contributed by atoms with Gasteiger partial charge in [-0.1, -0.05) is 42.5 Å². The summed E-state index contributed by atoms with van der Waals surface area (Å²) in [6.07, 6.45) is 2.84. The largest absolute Gasteiger partial charge is 0.490 e. The topological polar surface area (TPSA) is 106 Å². The van der Waals surface area contributed by atoms with Crippen LogP contribution in [-0.2, 0) is 22.6 Å². The SMILES string of the molecule is CC(=O)NCCn1c(C2CCCN(C(=O)CC(N)Cc3ccc(-c4ccc5c(c4)OCCN5C)cc3)C2)nc2c(C)cccc21. The molecule has 3 aromatic carbocycles. The molecule has 236 valence electrons. The van der Waals surface area contributed by atoms with Gasteiger partial charge in [-0.2, -0.15) is 0 Å². The molecule has 9 heteroatoms.